The van der Waals surface area contributed by atoms with Crippen LogP contribution in [0.25, 0.3) is 0 Å². The molecule has 0 spiro atoms. The van der Waals surface area contributed by atoms with Crippen molar-refractivity contribution in [3.63, 3.8) is 0 Å². The van der Waals surface area contributed by atoms with Crippen LogP contribution in [0.1, 0.15) is 26.3 Å². The fourth-order valence-corrected chi connectivity index (χ4v) is 2.59. The van der Waals surface area contributed by atoms with Gasteiger partial charge in [0.1, 0.15) is 12.3 Å². The Hall–Kier alpha value is -2.90. The van der Waals surface area contributed by atoms with Crippen LogP contribution in [0, 0.1) is 0 Å². The van der Waals surface area contributed by atoms with E-state index in [1.165, 1.54) is 4.90 Å². The Morgan fingerprint density at radius 1 is 1.12 bits per heavy atom. The van der Waals surface area contributed by atoms with Gasteiger partial charge in [-0.1, -0.05) is 12.1 Å². The summed E-state index contributed by atoms with van der Waals surface area (Å²) in [5, 5.41) is 0. The molecule has 8 heteroatoms. The molecule has 2 rings (SSSR count). The van der Waals surface area contributed by atoms with Crippen LogP contribution < -0.4 is 4.74 Å². The van der Waals surface area contributed by atoms with Crippen molar-refractivity contribution >= 4 is 23.8 Å². The van der Waals surface area contributed by atoms with Gasteiger partial charge < -0.3 is 9.64 Å². The lowest BCUT2D eigenvalue weighted by Crippen LogP contribution is -2.42. The molecule has 8 nitrogen and oxygen atoms in total. The third-order valence-electron chi connectivity index (χ3n) is 3.97. The fourth-order valence-electron chi connectivity index (χ4n) is 2.59. The second-order valence-electron chi connectivity index (χ2n) is 6.27. The summed E-state index contributed by atoms with van der Waals surface area (Å²) in [6.07, 6.45) is 0. The molecule has 5 amide bonds. The van der Waals surface area contributed by atoms with Crippen LogP contribution in [0.15, 0.2) is 24.3 Å². The normalized spacial score (nSPS) is 14.4. The minimum Gasteiger partial charge on any atom is -0.494 e. The minimum absolute atomic E-state index is 0.309. The number of carbonyl (C=O) groups excluding carboxylic acids is 4. The molecule has 1 saturated heterocycles. The molecule has 0 aliphatic carbocycles. The number of nitrogens with zero attached hydrogens (tertiary/aromatic N) is 3. The van der Waals surface area contributed by atoms with Crippen molar-refractivity contribution in [2.75, 3.05) is 20.2 Å². The number of imide groups is 2. The molecule has 1 heterocycles. The average molecular weight is 361 g/mol. The monoisotopic (exact) mass is 361 g/mol. The molecule has 0 atom stereocenters. The summed E-state index contributed by atoms with van der Waals surface area (Å²) in [7, 11) is 1.58. The summed E-state index contributed by atoms with van der Waals surface area (Å²) in [6.45, 7) is 5.58. The van der Waals surface area contributed by atoms with E-state index in [2.05, 4.69) is 0 Å². The first-order valence-corrected chi connectivity index (χ1v) is 8.41. The van der Waals surface area contributed by atoms with E-state index in [1.807, 2.05) is 31.2 Å². The summed E-state index contributed by atoms with van der Waals surface area (Å²) < 4.78 is 5.37. The lowest BCUT2D eigenvalue weighted by Gasteiger charge is -2.21. The first-order chi connectivity index (χ1) is 12.3. The fraction of sp³-hybridized carbons (Fsp3) is 0.444. The van der Waals surface area contributed by atoms with Crippen molar-refractivity contribution in [1.29, 1.82) is 0 Å². The van der Waals surface area contributed by atoms with Gasteiger partial charge in [-0.3, -0.25) is 19.3 Å². The standard InChI is InChI=1S/C18H23N3O5/c1-5-26-14-8-6-13(7-9-14)10-19(4)15(22)11-20-16(23)17(24)21(12(2)3)18(20)25/h6-9,12H,5,10-11H2,1-4H3. The van der Waals surface area contributed by atoms with Gasteiger partial charge in [0.05, 0.1) is 6.61 Å². The molecule has 0 aromatic heterocycles. The number of rotatable bonds is 7. The number of carbonyl (C=O) groups is 4. The molecule has 1 aromatic rings. The zero-order valence-electron chi connectivity index (χ0n) is 15.4. The number of amides is 5. The topological polar surface area (TPSA) is 87.2 Å². The van der Waals surface area contributed by atoms with Gasteiger partial charge in [-0.05, 0) is 38.5 Å². The number of benzene rings is 1. The molecule has 0 saturated carbocycles. The van der Waals surface area contributed by atoms with Crippen LogP contribution in [0.5, 0.6) is 5.75 Å². The first-order valence-electron chi connectivity index (χ1n) is 8.41. The number of hydrogen-bond donors (Lipinski definition) is 0. The summed E-state index contributed by atoms with van der Waals surface area (Å²) >= 11 is 0. The van der Waals surface area contributed by atoms with E-state index in [1.54, 1.807) is 20.9 Å². The maximum absolute atomic E-state index is 12.4. The Morgan fingerprint density at radius 3 is 2.23 bits per heavy atom. The van der Waals surface area contributed by atoms with Crippen molar-refractivity contribution in [2.24, 2.45) is 0 Å². The molecule has 1 aromatic carbocycles. The van der Waals surface area contributed by atoms with Crippen molar-refractivity contribution < 1.29 is 23.9 Å². The zero-order valence-corrected chi connectivity index (χ0v) is 15.4. The van der Waals surface area contributed by atoms with Gasteiger partial charge in [0.2, 0.25) is 5.91 Å². The van der Waals surface area contributed by atoms with Crippen LogP contribution in [-0.4, -0.2) is 64.7 Å². The van der Waals surface area contributed by atoms with Gasteiger partial charge in [0.15, 0.2) is 0 Å². The minimum atomic E-state index is -0.966. The summed E-state index contributed by atoms with van der Waals surface area (Å²) in [6, 6.07) is 6.10. The Morgan fingerprint density at radius 2 is 1.73 bits per heavy atom. The quantitative estimate of drug-likeness (QED) is 0.539. The third-order valence-corrected chi connectivity index (χ3v) is 3.97. The highest BCUT2D eigenvalue weighted by molar-refractivity contribution is 6.45. The highest BCUT2D eigenvalue weighted by atomic mass is 16.5. The number of likely N-dealkylation sites (N-methyl/N-ethyl adjacent to an activating group) is 1. The second-order valence-corrected chi connectivity index (χ2v) is 6.27. The van der Waals surface area contributed by atoms with E-state index >= 15 is 0 Å². The maximum atomic E-state index is 12.4. The Bertz CT molecular complexity index is 714. The summed E-state index contributed by atoms with van der Waals surface area (Å²) in [5.74, 6) is -1.55. The molecule has 140 valence electrons. The highest BCUT2D eigenvalue weighted by Gasteiger charge is 2.46. The molecule has 26 heavy (non-hydrogen) atoms. The van der Waals surface area contributed by atoms with Crippen LogP contribution >= 0.6 is 0 Å². The molecule has 0 bridgehead atoms. The van der Waals surface area contributed by atoms with Gasteiger partial charge in [0.25, 0.3) is 0 Å². The first kappa shape index (κ1) is 19.4. The Labute approximate surface area is 152 Å². The largest absolute Gasteiger partial charge is 0.494 e. The predicted molar refractivity (Wildman–Crippen MR) is 93.2 cm³/mol. The molecule has 0 unspecified atom stereocenters. The number of hydrogen-bond acceptors (Lipinski definition) is 5. The van der Waals surface area contributed by atoms with Crippen molar-refractivity contribution in [3.8, 4) is 5.75 Å². The van der Waals surface area contributed by atoms with E-state index in [4.69, 9.17) is 4.74 Å². The number of urea groups is 1. The van der Waals surface area contributed by atoms with Gasteiger partial charge in [-0.2, -0.15) is 0 Å². The number of ether oxygens (including phenoxy) is 1. The van der Waals surface area contributed by atoms with Gasteiger partial charge in [-0.25, -0.2) is 9.69 Å². The Kier molecular flexibility index (Phi) is 5.97. The average Bonchev–Trinajstić information content (AvgIpc) is 2.80. The lowest BCUT2D eigenvalue weighted by molar-refractivity contribution is -0.145. The van der Waals surface area contributed by atoms with Gasteiger partial charge in [0, 0.05) is 19.6 Å². The van der Waals surface area contributed by atoms with Crippen molar-refractivity contribution in [2.45, 2.75) is 33.4 Å². The molecule has 1 fully saturated rings. The molecule has 0 N–H and O–H groups in total. The summed E-state index contributed by atoms with van der Waals surface area (Å²) in [5.41, 5.74) is 0.878. The SMILES string of the molecule is CCOc1ccc(CN(C)C(=O)CN2C(=O)C(=O)N(C(C)C)C2=O)cc1. The van der Waals surface area contributed by atoms with Crippen molar-refractivity contribution in [3.05, 3.63) is 29.8 Å². The Balaban J connectivity index is 1.99. The molecule has 1 aliphatic heterocycles. The maximum Gasteiger partial charge on any atom is 0.334 e. The molecule has 1 aliphatic rings. The van der Waals surface area contributed by atoms with E-state index in [0.29, 0.717) is 18.1 Å². The summed E-state index contributed by atoms with van der Waals surface area (Å²) in [4.78, 5) is 51.4. The van der Waals surface area contributed by atoms with E-state index in [0.717, 1.165) is 16.2 Å². The third kappa shape index (κ3) is 4.01. The van der Waals surface area contributed by atoms with Gasteiger partial charge in [-0.15, -0.1) is 0 Å². The second kappa shape index (κ2) is 7.99. The van der Waals surface area contributed by atoms with Crippen LogP contribution in [0.4, 0.5) is 4.79 Å². The van der Waals surface area contributed by atoms with Crippen LogP contribution in [0.3, 0.4) is 0 Å². The van der Waals surface area contributed by atoms with E-state index in [9.17, 15) is 19.2 Å². The van der Waals surface area contributed by atoms with E-state index < -0.39 is 36.3 Å². The predicted octanol–water partition coefficient (Wildman–Crippen LogP) is 1.24. The zero-order chi connectivity index (χ0) is 19.4. The van der Waals surface area contributed by atoms with Crippen LogP contribution in [-0.2, 0) is 20.9 Å². The van der Waals surface area contributed by atoms with E-state index in [-0.39, 0.29) is 0 Å². The smallest absolute Gasteiger partial charge is 0.334 e. The lowest BCUT2D eigenvalue weighted by atomic mass is 10.2. The molecular formula is C18H23N3O5. The highest BCUT2D eigenvalue weighted by Crippen LogP contribution is 2.16. The molecule has 0 radical (unpaired) electrons. The van der Waals surface area contributed by atoms with Crippen molar-refractivity contribution in [1.82, 2.24) is 14.7 Å². The van der Waals surface area contributed by atoms with Crippen LogP contribution in [0.2, 0.25) is 0 Å². The van der Waals surface area contributed by atoms with Gasteiger partial charge >= 0.3 is 17.8 Å². The molecular weight excluding hydrogens is 338 g/mol.